The molecule has 8 heteroatoms. The topological polar surface area (TPSA) is 88.1 Å². The first kappa shape index (κ1) is 18.0. The van der Waals surface area contributed by atoms with Gasteiger partial charge >= 0.3 is 5.97 Å². The Balaban J connectivity index is 1.75. The lowest BCUT2D eigenvalue weighted by Crippen LogP contribution is -2.23. The third kappa shape index (κ3) is 2.87. The molecule has 0 atom stereocenters. The molecule has 4 rings (SSSR count). The van der Waals surface area contributed by atoms with E-state index in [0.717, 1.165) is 17.4 Å². The summed E-state index contributed by atoms with van der Waals surface area (Å²) < 4.78 is 4.77. The van der Waals surface area contributed by atoms with Gasteiger partial charge < -0.3 is 15.0 Å². The van der Waals surface area contributed by atoms with Crippen molar-refractivity contribution in [1.29, 1.82) is 0 Å². The lowest BCUT2D eigenvalue weighted by molar-refractivity contribution is -0.116. The van der Waals surface area contributed by atoms with Crippen molar-refractivity contribution >= 4 is 51.7 Å². The predicted molar refractivity (Wildman–Crippen MR) is 107 cm³/mol. The van der Waals surface area contributed by atoms with E-state index in [9.17, 15) is 14.4 Å². The summed E-state index contributed by atoms with van der Waals surface area (Å²) >= 11 is 1.08. The summed E-state index contributed by atoms with van der Waals surface area (Å²) in [5.41, 5.74) is 2.48. The number of ether oxygens (including phenoxy) is 1. The van der Waals surface area contributed by atoms with E-state index in [4.69, 9.17) is 4.74 Å². The average Bonchev–Trinajstić information content (AvgIpc) is 3.18. The Hall–Kier alpha value is -3.39. The number of likely N-dealkylation sites (N-methyl/N-ethyl adjacent to an activating group) is 1. The Morgan fingerprint density at radius 1 is 1.11 bits per heavy atom. The third-order valence-electron chi connectivity index (χ3n) is 4.44. The van der Waals surface area contributed by atoms with Crippen molar-refractivity contribution in [2.24, 2.45) is 4.99 Å². The number of anilines is 1. The van der Waals surface area contributed by atoms with Crippen LogP contribution in [0.3, 0.4) is 0 Å². The van der Waals surface area contributed by atoms with Gasteiger partial charge in [-0.05, 0) is 30.0 Å². The lowest BCUT2D eigenvalue weighted by Gasteiger charge is -2.08. The first-order valence-electron chi connectivity index (χ1n) is 8.38. The summed E-state index contributed by atoms with van der Waals surface area (Å²) in [5, 5.41) is 2.97. The third-order valence-corrected chi connectivity index (χ3v) is 5.42. The van der Waals surface area contributed by atoms with Crippen LogP contribution in [0.4, 0.5) is 11.4 Å². The van der Waals surface area contributed by atoms with Gasteiger partial charge in [0.05, 0.1) is 34.5 Å². The van der Waals surface area contributed by atoms with Gasteiger partial charge in [0.1, 0.15) is 0 Å². The zero-order valence-corrected chi connectivity index (χ0v) is 15.9. The number of hydrogen-bond acceptors (Lipinski definition) is 6. The first-order chi connectivity index (χ1) is 13.5. The number of nitrogens with zero attached hydrogens (tertiary/aromatic N) is 2. The second-order valence-corrected chi connectivity index (χ2v) is 7.07. The fraction of sp³-hybridized carbons (Fsp3) is 0.100. The molecule has 2 aliphatic rings. The summed E-state index contributed by atoms with van der Waals surface area (Å²) in [6.45, 7) is 0. The standard InChI is InChI=1S/C20H15N3O4S/c1-23-14-10-6-4-8-12(14)15(18(23)25)16-17(24)22-20(28-16)21-13-9-5-3-7-11(13)19(26)27-2/h3-10H,1-2H3,(H,21,22,24)/b16-15-. The van der Waals surface area contributed by atoms with E-state index < -0.39 is 11.9 Å². The smallest absolute Gasteiger partial charge is 0.340 e. The Kier molecular flexibility index (Phi) is 4.48. The van der Waals surface area contributed by atoms with Crippen LogP contribution in [0.25, 0.3) is 5.57 Å². The van der Waals surface area contributed by atoms with E-state index in [1.165, 1.54) is 12.0 Å². The monoisotopic (exact) mass is 393 g/mol. The summed E-state index contributed by atoms with van der Waals surface area (Å²) in [7, 11) is 2.97. The summed E-state index contributed by atoms with van der Waals surface area (Å²) in [6, 6.07) is 14.0. The number of methoxy groups -OCH3 is 1. The molecule has 0 unspecified atom stereocenters. The molecular weight excluding hydrogens is 378 g/mol. The maximum absolute atomic E-state index is 12.7. The van der Waals surface area contributed by atoms with Gasteiger partial charge in [0.25, 0.3) is 11.8 Å². The van der Waals surface area contributed by atoms with Crippen LogP contribution in [-0.2, 0) is 14.3 Å². The van der Waals surface area contributed by atoms with Gasteiger partial charge in [-0.3, -0.25) is 9.59 Å². The Bertz CT molecular complexity index is 1090. The number of carbonyl (C=O) groups is 3. The fourth-order valence-electron chi connectivity index (χ4n) is 3.09. The highest BCUT2D eigenvalue weighted by Crippen LogP contribution is 2.42. The molecule has 2 aromatic carbocycles. The molecule has 0 aliphatic carbocycles. The van der Waals surface area contributed by atoms with Gasteiger partial charge in [-0.1, -0.05) is 30.3 Å². The van der Waals surface area contributed by atoms with E-state index in [0.29, 0.717) is 22.0 Å². The minimum absolute atomic E-state index is 0.241. The average molecular weight is 393 g/mol. The molecule has 1 N–H and O–H groups in total. The highest BCUT2D eigenvalue weighted by atomic mass is 32.2. The largest absolute Gasteiger partial charge is 0.465 e. The van der Waals surface area contributed by atoms with Crippen molar-refractivity contribution < 1.29 is 19.1 Å². The Morgan fingerprint density at radius 3 is 2.61 bits per heavy atom. The summed E-state index contributed by atoms with van der Waals surface area (Å²) in [5.74, 6) is -1.16. The van der Waals surface area contributed by atoms with Crippen molar-refractivity contribution in [3.8, 4) is 0 Å². The number of para-hydroxylation sites is 2. The highest BCUT2D eigenvalue weighted by Gasteiger charge is 2.37. The van der Waals surface area contributed by atoms with Crippen molar-refractivity contribution in [3.05, 3.63) is 64.6 Å². The number of esters is 1. The molecule has 0 saturated carbocycles. The van der Waals surface area contributed by atoms with Gasteiger partial charge in [0.2, 0.25) is 0 Å². The van der Waals surface area contributed by atoms with E-state index in [2.05, 4.69) is 10.3 Å². The van der Waals surface area contributed by atoms with Crippen LogP contribution in [0, 0.1) is 0 Å². The Morgan fingerprint density at radius 2 is 1.82 bits per heavy atom. The van der Waals surface area contributed by atoms with Crippen molar-refractivity contribution in [2.45, 2.75) is 0 Å². The van der Waals surface area contributed by atoms with Crippen molar-refractivity contribution in [1.82, 2.24) is 5.32 Å². The number of amides is 2. The van der Waals surface area contributed by atoms with E-state index in [1.807, 2.05) is 24.3 Å². The number of fused-ring (bicyclic) bond motifs is 1. The Labute approximate surface area is 165 Å². The molecule has 0 aromatic heterocycles. The lowest BCUT2D eigenvalue weighted by atomic mass is 10.1. The van der Waals surface area contributed by atoms with Gasteiger partial charge in [-0.25, -0.2) is 9.79 Å². The highest BCUT2D eigenvalue weighted by molar-refractivity contribution is 8.18. The van der Waals surface area contributed by atoms with E-state index in [1.54, 1.807) is 31.3 Å². The van der Waals surface area contributed by atoms with Crippen LogP contribution in [0.1, 0.15) is 15.9 Å². The predicted octanol–water partition coefficient (Wildman–Crippen LogP) is 2.71. The molecule has 0 radical (unpaired) electrons. The number of nitrogens with one attached hydrogen (secondary N) is 1. The van der Waals surface area contributed by atoms with E-state index >= 15 is 0 Å². The summed E-state index contributed by atoms with van der Waals surface area (Å²) in [6.07, 6.45) is 0. The van der Waals surface area contributed by atoms with Crippen LogP contribution >= 0.6 is 11.8 Å². The van der Waals surface area contributed by atoms with Crippen LogP contribution in [-0.4, -0.2) is 37.1 Å². The molecule has 140 valence electrons. The second kappa shape index (κ2) is 6.97. The normalized spacial score (nSPS) is 19.8. The SMILES string of the molecule is COC(=O)c1ccccc1N=C1NC(=O)/C(=C2/C(=O)N(C)c3ccccc32)S1. The van der Waals surface area contributed by atoms with Crippen LogP contribution in [0.2, 0.25) is 0 Å². The maximum Gasteiger partial charge on any atom is 0.340 e. The number of carbonyl (C=O) groups excluding carboxylic acids is 3. The zero-order valence-electron chi connectivity index (χ0n) is 15.1. The zero-order chi connectivity index (χ0) is 19.8. The van der Waals surface area contributed by atoms with Crippen LogP contribution < -0.4 is 10.2 Å². The van der Waals surface area contributed by atoms with Gasteiger partial charge in [-0.2, -0.15) is 0 Å². The molecule has 1 saturated heterocycles. The second-order valence-electron chi connectivity index (χ2n) is 6.07. The molecule has 1 fully saturated rings. The van der Waals surface area contributed by atoms with Crippen LogP contribution in [0.5, 0.6) is 0 Å². The molecule has 0 spiro atoms. The molecule has 0 bridgehead atoms. The fourth-order valence-corrected chi connectivity index (χ4v) is 4.01. The number of benzene rings is 2. The molecule has 2 aliphatic heterocycles. The van der Waals surface area contributed by atoms with Crippen molar-refractivity contribution in [2.75, 3.05) is 19.1 Å². The molecule has 2 aromatic rings. The maximum atomic E-state index is 12.7. The van der Waals surface area contributed by atoms with Gasteiger partial charge in [0, 0.05) is 12.6 Å². The molecule has 7 nitrogen and oxygen atoms in total. The molecule has 2 amide bonds. The number of amidine groups is 1. The summed E-state index contributed by atoms with van der Waals surface area (Å²) in [4.78, 5) is 43.4. The molecular formula is C20H15N3O4S. The number of aliphatic imine (C=N–C) groups is 1. The quantitative estimate of drug-likeness (QED) is 0.626. The van der Waals surface area contributed by atoms with Gasteiger partial charge in [0.15, 0.2) is 5.17 Å². The van der Waals surface area contributed by atoms with E-state index in [-0.39, 0.29) is 16.4 Å². The first-order valence-corrected chi connectivity index (χ1v) is 9.20. The molecule has 2 heterocycles. The van der Waals surface area contributed by atoms with Gasteiger partial charge in [-0.15, -0.1) is 0 Å². The molecule has 28 heavy (non-hydrogen) atoms. The number of thioether (sulfide) groups is 1. The minimum atomic E-state index is -0.519. The number of hydrogen-bond donors (Lipinski definition) is 1. The van der Waals surface area contributed by atoms with Crippen molar-refractivity contribution in [3.63, 3.8) is 0 Å². The van der Waals surface area contributed by atoms with Crippen LogP contribution in [0.15, 0.2) is 58.4 Å². The number of rotatable bonds is 2. The minimum Gasteiger partial charge on any atom is -0.465 e.